The number of aliphatic carboxylic acids is 1. The summed E-state index contributed by atoms with van der Waals surface area (Å²) in [6.07, 6.45) is 2.64. The average molecular weight is 440 g/mol. The second-order valence-corrected chi connectivity index (χ2v) is 7.82. The molecule has 0 aromatic heterocycles. The van der Waals surface area contributed by atoms with E-state index in [1.165, 1.54) is 0 Å². The SMILES string of the molecule is O=C(NCCNC(=O)c1ccc(O[C@H]2CC[C@@H](C(=O)O)CC2)cc1)c1ccc(CO)cc1. The summed E-state index contributed by atoms with van der Waals surface area (Å²) in [5.41, 5.74) is 1.70. The zero-order valence-corrected chi connectivity index (χ0v) is 17.8. The third kappa shape index (κ3) is 6.55. The van der Waals surface area contributed by atoms with Crippen molar-refractivity contribution in [2.75, 3.05) is 13.1 Å². The molecular weight excluding hydrogens is 412 g/mol. The fourth-order valence-corrected chi connectivity index (χ4v) is 3.62. The number of hydrogen-bond donors (Lipinski definition) is 4. The van der Waals surface area contributed by atoms with E-state index in [9.17, 15) is 14.4 Å². The highest BCUT2D eigenvalue weighted by Crippen LogP contribution is 2.28. The van der Waals surface area contributed by atoms with E-state index in [0.717, 1.165) is 5.56 Å². The molecule has 0 spiro atoms. The van der Waals surface area contributed by atoms with E-state index in [2.05, 4.69) is 10.6 Å². The molecule has 0 aliphatic heterocycles. The fraction of sp³-hybridized carbons (Fsp3) is 0.375. The Bertz CT molecular complexity index is 919. The lowest BCUT2D eigenvalue weighted by atomic mass is 9.87. The Balaban J connectivity index is 1.38. The number of benzene rings is 2. The summed E-state index contributed by atoms with van der Waals surface area (Å²) in [4.78, 5) is 35.4. The highest BCUT2D eigenvalue weighted by atomic mass is 16.5. The molecule has 2 amide bonds. The molecule has 8 heteroatoms. The van der Waals surface area contributed by atoms with Crippen LogP contribution in [0.25, 0.3) is 0 Å². The Kier molecular flexibility index (Phi) is 8.21. The van der Waals surface area contributed by atoms with Crippen LogP contribution in [0.1, 0.15) is 52.0 Å². The van der Waals surface area contributed by atoms with Crippen molar-refractivity contribution < 1.29 is 29.3 Å². The largest absolute Gasteiger partial charge is 0.490 e. The van der Waals surface area contributed by atoms with E-state index in [0.29, 0.717) is 42.6 Å². The fourth-order valence-electron chi connectivity index (χ4n) is 3.62. The molecule has 0 saturated heterocycles. The molecule has 3 rings (SSSR count). The Morgan fingerprint density at radius 3 is 1.78 bits per heavy atom. The molecule has 2 aromatic carbocycles. The Labute approximate surface area is 186 Å². The molecule has 2 aromatic rings. The van der Waals surface area contributed by atoms with Gasteiger partial charge in [0, 0.05) is 24.2 Å². The zero-order valence-electron chi connectivity index (χ0n) is 17.8. The summed E-state index contributed by atoms with van der Waals surface area (Å²) in [5.74, 6) is -0.866. The molecule has 8 nitrogen and oxygen atoms in total. The number of carboxylic acid groups (broad SMARTS) is 1. The molecule has 1 fully saturated rings. The van der Waals surface area contributed by atoms with Crippen LogP contribution in [0, 0.1) is 5.92 Å². The van der Waals surface area contributed by atoms with Crippen molar-refractivity contribution in [1.29, 1.82) is 0 Å². The number of carbonyl (C=O) groups is 3. The summed E-state index contributed by atoms with van der Waals surface area (Å²) in [6, 6.07) is 13.5. The van der Waals surface area contributed by atoms with Crippen molar-refractivity contribution in [2.45, 2.75) is 38.4 Å². The second-order valence-electron chi connectivity index (χ2n) is 7.82. The van der Waals surface area contributed by atoms with Crippen molar-refractivity contribution in [3.63, 3.8) is 0 Å². The predicted molar refractivity (Wildman–Crippen MR) is 117 cm³/mol. The standard InChI is InChI=1S/C24H28N2O6/c27-15-16-1-3-17(4-2-16)22(28)25-13-14-26-23(29)18-5-9-20(10-6-18)32-21-11-7-19(8-12-21)24(30)31/h1-6,9-10,19,21,27H,7-8,11-15H2,(H,25,28)(H,26,29)(H,30,31)/t19-,21+. The second kappa shape index (κ2) is 11.3. The number of ether oxygens (including phenoxy) is 1. The van der Waals surface area contributed by atoms with Crippen molar-refractivity contribution in [1.82, 2.24) is 10.6 Å². The highest BCUT2D eigenvalue weighted by molar-refractivity contribution is 5.95. The molecule has 170 valence electrons. The maximum atomic E-state index is 12.3. The smallest absolute Gasteiger partial charge is 0.306 e. The van der Waals surface area contributed by atoms with E-state index in [-0.39, 0.29) is 43.5 Å². The van der Waals surface area contributed by atoms with Crippen LogP contribution in [0.3, 0.4) is 0 Å². The van der Waals surface area contributed by atoms with Gasteiger partial charge in [-0.25, -0.2) is 0 Å². The lowest BCUT2D eigenvalue weighted by molar-refractivity contribution is -0.143. The van der Waals surface area contributed by atoms with Crippen LogP contribution in [0.2, 0.25) is 0 Å². The molecule has 0 bridgehead atoms. The van der Waals surface area contributed by atoms with Gasteiger partial charge in [0.2, 0.25) is 0 Å². The number of aliphatic hydroxyl groups is 1. The van der Waals surface area contributed by atoms with Gasteiger partial charge < -0.3 is 25.6 Å². The van der Waals surface area contributed by atoms with Crippen molar-refractivity contribution >= 4 is 17.8 Å². The van der Waals surface area contributed by atoms with Crippen molar-refractivity contribution in [3.8, 4) is 5.75 Å². The molecule has 1 aliphatic carbocycles. The van der Waals surface area contributed by atoms with E-state index >= 15 is 0 Å². The van der Waals surface area contributed by atoms with E-state index < -0.39 is 5.97 Å². The molecule has 0 heterocycles. The minimum Gasteiger partial charge on any atom is -0.490 e. The minimum absolute atomic E-state index is 0.00581. The summed E-state index contributed by atoms with van der Waals surface area (Å²) in [5, 5.41) is 23.6. The molecule has 0 unspecified atom stereocenters. The quantitative estimate of drug-likeness (QED) is 0.444. The van der Waals surface area contributed by atoms with Gasteiger partial charge in [-0.15, -0.1) is 0 Å². The first-order chi connectivity index (χ1) is 15.5. The predicted octanol–water partition coefficient (Wildman–Crippen LogP) is 2.36. The number of aliphatic hydroxyl groups excluding tert-OH is 1. The van der Waals surface area contributed by atoms with Gasteiger partial charge in [0.15, 0.2) is 0 Å². The number of amides is 2. The van der Waals surface area contributed by atoms with Crippen LogP contribution in [-0.2, 0) is 11.4 Å². The molecule has 1 aliphatic rings. The first-order valence-electron chi connectivity index (χ1n) is 10.7. The topological polar surface area (TPSA) is 125 Å². The van der Waals surface area contributed by atoms with Crippen molar-refractivity contribution in [2.24, 2.45) is 5.92 Å². The van der Waals surface area contributed by atoms with Gasteiger partial charge >= 0.3 is 5.97 Å². The Hall–Kier alpha value is -3.39. The summed E-state index contributed by atoms with van der Waals surface area (Å²) < 4.78 is 5.91. The lowest BCUT2D eigenvalue weighted by Crippen LogP contribution is -2.34. The molecule has 4 N–H and O–H groups in total. The van der Waals surface area contributed by atoms with Crippen LogP contribution in [-0.4, -0.2) is 47.2 Å². The van der Waals surface area contributed by atoms with Gasteiger partial charge in [-0.2, -0.15) is 0 Å². The first-order valence-corrected chi connectivity index (χ1v) is 10.7. The van der Waals surface area contributed by atoms with Gasteiger partial charge in [-0.1, -0.05) is 12.1 Å². The van der Waals surface area contributed by atoms with Crippen LogP contribution in [0.4, 0.5) is 0 Å². The summed E-state index contributed by atoms with van der Waals surface area (Å²) >= 11 is 0. The van der Waals surface area contributed by atoms with E-state index in [1.54, 1.807) is 48.5 Å². The van der Waals surface area contributed by atoms with Gasteiger partial charge in [0.1, 0.15) is 5.75 Å². The lowest BCUT2D eigenvalue weighted by Gasteiger charge is -2.26. The first kappa shape index (κ1) is 23.3. The minimum atomic E-state index is -0.741. The third-order valence-electron chi connectivity index (χ3n) is 5.54. The van der Waals surface area contributed by atoms with Crippen LogP contribution >= 0.6 is 0 Å². The van der Waals surface area contributed by atoms with Crippen LogP contribution in [0.15, 0.2) is 48.5 Å². The van der Waals surface area contributed by atoms with Crippen LogP contribution in [0.5, 0.6) is 5.75 Å². The maximum absolute atomic E-state index is 12.3. The van der Waals surface area contributed by atoms with Crippen LogP contribution < -0.4 is 15.4 Å². The zero-order chi connectivity index (χ0) is 22.9. The Morgan fingerprint density at radius 1 is 0.812 bits per heavy atom. The van der Waals surface area contributed by atoms with E-state index in [1.807, 2.05) is 0 Å². The number of carbonyl (C=O) groups excluding carboxylic acids is 2. The molecular formula is C24H28N2O6. The van der Waals surface area contributed by atoms with Gasteiger partial charge in [-0.3, -0.25) is 14.4 Å². The molecule has 1 saturated carbocycles. The molecule has 0 radical (unpaired) electrons. The normalized spacial score (nSPS) is 17.9. The Morgan fingerprint density at radius 2 is 1.31 bits per heavy atom. The maximum Gasteiger partial charge on any atom is 0.306 e. The monoisotopic (exact) mass is 440 g/mol. The molecule has 32 heavy (non-hydrogen) atoms. The van der Waals surface area contributed by atoms with Gasteiger partial charge in [0.25, 0.3) is 11.8 Å². The highest BCUT2D eigenvalue weighted by Gasteiger charge is 2.26. The number of rotatable bonds is 9. The van der Waals surface area contributed by atoms with E-state index in [4.69, 9.17) is 14.9 Å². The summed E-state index contributed by atoms with van der Waals surface area (Å²) in [6.45, 7) is 0.492. The number of carboxylic acids is 1. The number of nitrogens with one attached hydrogen (secondary N) is 2. The number of hydrogen-bond acceptors (Lipinski definition) is 5. The third-order valence-corrected chi connectivity index (χ3v) is 5.54. The summed E-state index contributed by atoms with van der Waals surface area (Å²) in [7, 11) is 0. The average Bonchev–Trinajstić information content (AvgIpc) is 2.82. The van der Waals surface area contributed by atoms with Crippen molar-refractivity contribution in [3.05, 3.63) is 65.2 Å². The van der Waals surface area contributed by atoms with Gasteiger partial charge in [0.05, 0.1) is 18.6 Å². The van der Waals surface area contributed by atoms with Gasteiger partial charge in [-0.05, 0) is 67.6 Å². The molecule has 0 atom stereocenters.